The summed E-state index contributed by atoms with van der Waals surface area (Å²) in [6, 6.07) is 47.3. The molecule has 0 radical (unpaired) electrons. The Bertz CT molecular complexity index is 2890. The minimum Gasteiger partial charge on any atom is -0.423 e. The third kappa shape index (κ3) is 7.04. The molecular formula is C44H28BCl3N4O2. The third-order valence-electron chi connectivity index (χ3n) is 9.13. The Morgan fingerprint density at radius 1 is 0.389 bits per heavy atom. The van der Waals surface area contributed by atoms with E-state index in [1.807, 2.05) is 66.9 Å². The van der Waals surface area contributed by atoms with E-state index in [4.69, 9.17) is 54.8 Å². The molecule has 2 heterocycles. The van der Waals surface area contributed by atoms with Crippen LogP contribution in [0.5, 0.6) is 0 Å². The molecule has 54 heavy (non-hydrogen) atoms. The van der Waals surface area contributed by atoms with Crippen LogP contribution in [-0.4, -0.2) is 37.1 Å². The van der Waals surface area contributed by atoms with E-state index >= 15 is 0 Å². The maximum Gasteiger partial charge on any atom is 0.488 e. The van der Waals surface area contributed by atoms with Gasteiger partial charge in [0.1, 0.15) is 5.15 Å². The SMILES string of the molecule is Clc1ccc(-c2cnc3c4ccccc4c4ccccc4c3n2)cc1.Clc1cnc2c3ccccc3c3ccccc3c2n1.OB(O)c1ccc(Cl)cc1. The number of aromatic nitrogens is 4. The fourth-order valence-corrected chi connectivity index (χ4v) is 7.00. The lowest BCUT2D eigenvalue weighted by Gasteiger charge is -2.10. The van der Waals surface area contributed by atoms with Crippen molar-refractivity contribution in [3.05, 3.63) is 173 Å². The fourth-order valence-electron chi connectivity index (χ4n) is 6.62. The van der Waals surface area contributed by atoms with E-state index in [0.29, 0.717) is 20.7 Å². The molecule has 10 heteroatoms. The number of nitrogens with zero attached hydrogens (tertiary/aromatic N) is 4. The van der Waals surface area contributed by atoms with Crippen LogP contribution in [0.1, 0.15) is 0 Å². The van der Waals surface area contributed by atoms with Gasteiger partial charge in [0.05, 0.1) is 40.2 Å². The molecule has 0 bridgehead atoms. The highest BCUT2D eigenvalue weighted by molar-refractivity contribution is 6.58. The Balaban J connectivity index is 0.000000126. The molecule has 2 aromatic heterocycles. The van der Waals surface area contributed by atoms with Gasteiger partial charge in [-0.15, -0.1) is 0 Å². The molecule has 0 amide bonds. The van der Waals surface area contributed by atoms with Crippen molar-refractivity contribution in [2.45, 2.75) is 0 Å². The highest BCUT2D eigenvalue weighted by Gasteiger charge is 2.13. The monoisotopic (exact) mass is 760 g/mol. The summed E-state index contributed by atoms with van der Waals surface area (Å²) in [6.45, 7) is 0. The molecule has 6 nitrogen and oxygen atoms in total. The summed E-state index contributed by atoms with van der Waals surface area (Å²) >= 11 is 17.6. The van der Waals surface area contributed by atoms with E-state index in [9.17, 15) is 0 Å². The van der Waals surface area contributed by atoms with E-state index in [0.717, 1.165) is 54.9 Å². The number of halogens is 3. The fraction of sp³-hybridized carbons (Fsp3) is 0. The zero-order valence-corrected chi connectivity index (χ0v) is 30.7. The summed E-state index contributed by atoms with van der Waals surface area (Å²) in [7, 11) is -1.41. The predicted octanol–water partition coefficient (Wildman–Crippen LogP) is 10.9. The summed E-state index contributed by atoms with van der Waals surface area (Å²) in [6.07, 6.45) is 3.44. The number of fused-ring (bicyclic) bond motifs is 12. The second-order valence-corrected chi connectivity index (χ2v) is 13.7. The standard InChI is InChI=1S/C22H13ClN2.C16H9ClN2.C6H6BClO2/c23-15-11-9-14(10-12-15)20-13-24-21-18-7-3-1-5-16(18)17-6-2-4-8-19(17)22(21)25-20;17-14-9-18-15-12-7-3-1-5-10(12)11-6-2-4-8-13(11)16(15)19-14;8-6-3-1-5(2-4-6)7(9)10/h1-13H;1-9H;1-4,9-10H. The van der Waals surface area contributed by atoms with Gasteiger partial charge in [0.15, 0.2) is 0 Å². The van der Waals surface area contributed by atoms with Crippen molar-refractivity contribution in [1.82, 2.24) is 19.9 Å². The molecule has 0 unspecified atom stereocenters. The molecule has 0 saturated carbocycles. The largest absolute Gasteiger partial charge is 0.488 e. The van der Waals surface area contributed by atoms with Gasteiger partial charge < -0.3 is 10.0 Å². The van der Waals surface area contributed by atoms with Gasteiger partial charge in [-0.3, -0.25) is 9.97 Å². The second-order valence-electron chi connectivity index (χ2n) is 12.5. The smallest absolute Gasteiger partial charge is 0.423 e. The first-order valence-corrected chi connectivity index (χ1v) is 18.1. The molecule has 260 valence electrons. The Morgan fingerprint density at radius 3 is 1.20 bits per heavy atom. The Kier molecular flexibility index (Phi) is 10.1. The maximum atomic E-state index is 8.63. The molecule has 0 aliphatic rings. The third-order valence-corrected chi connectivity index (χ3v) is 9.82. The summed E-state index contributed by atoms with van der Waals surface area (Å²) in [5.41, 5.74) is 5.94. The molecular weight excluding hydrogens is 734 g/mol. The van der Waals surface area contributed by atoms with Crippen LogP contribution < -0.4 is 5.46 Å². The van der Waals surface area contributed by atoms with Crippen LogP contribution in [-0.2, 0) is 0 Å². The topological polar surface area (TPSA) is 92.0 Å². The Hall–Kier alpha value is -5.67. The molecule has 0 aliphatic carbocycles. The van der Waals surface area contributed by atoms with Gasteiger partial charge in [-0.05, 0) is 51.3 Å². The molecule has 0 spiro atoms. The number of hydrogen-bond acceptors (Lipinski definition) is 6. The first-order valence-electron chi connectivity index (χ1n) is 17.0. The van der Waals surface area contributed by atoms with Gasteiger partial charge in [0, 0.05) is 37.2 Å². The quantitative estimate of drug-likeness (QED) is 0.135. The van der Waals surface area contributed by atoms with E-state index in [1.165, 1.54) is 21.5 Å². The van der Waals surface area contributed by atoms with E-state index in [1.54, 1.807) is 30.5 Å². The van der Waals surface area contributed by atoms with Gasteiger partial charge in [0.25, 0.3) is 0 Å². The van der Waals surface area contributed by atoms with Crippen molar-refractivity contribution in [3.8, 4) is 11.3 Å². The van der Waals surface area contributed by atoms with Crippen molar-refractivity contribution in [3.63, 3.8) is 0 Å². The van der Waals surface area contributed by atoms with Crippen molar-refractivity contribution < 1.29 is 10.0 Å². The van der Waals surface area contributed by atoms with Crippen LogP contribution in [0, 0.1) is 0 Å². The first kappa shape index (κ1) is 35.4. The average Bonchev–Trinajstić information content (AvgIpc) is 3.22. The summed E-state index contributed by atoms with van der Waals surface area (Å²) in [5, 5.41) is 28.2. The molecule has 2 N–H and O–H groups in total. The van der Waals surface area contributed by atoms with Gasteiger partial charge in [-0.25, -0.2) is 9.97 Å². The second kappa shape index (κ2) is 15.4. The Labute approximate surface area is 325 Å². The van der Waals surface area contributed by atoms with Crippen molar-refractivity contribution in [1.29, 1.82) is 0 Å². The van der Waals surface area contributed by atoms with Crippen LogP contribution in [0.2, 0.25) is 15.2 Å². The molecule has 0 saturated heterocycles. The normalized spacial score (nSPS) is 11.1. The van der Waals surface area contributed by atoms with Crippen LogP contribution in [0.3, 0.4) is 0 Å². The number of rotatable bonds is 2. The summed E-state index contributed by atoms with van der Waals surface area (Å²) < 4.78 is 0. The number of benzene rings is 8. The molecule has 10 aromatic rings. The highest BCUT2D eigenvalue weighted by atomic mass is 35.5. The van der Waals surface area contributed by atoms with Gasteiger partial charge in [-0.1, -0.05) is 156 Å². The van der Waals surface area contributed by atoms with Gasteiger partial charge in [-0.2, -0.15) is 0 Å². The van der Waals surface area contributed by atoms with Gasteiger partial charge >= 0.3 is 7.12 Å². The first-order chi connectivity index (χ1) is 26.4. The zero-order chi connectivity index (χ0) is 37.2. The lowest BCUT2D eigenvalue weighted by molar-refractivity contribution is 0.426. The lowest BCUT2D eigenvalue weighted by Crippen LogP contribution is -2.29. The van der Waals surface area contributed by atoms with Crippen LogP contribution in [0.25, 0.3) is 76.4 Å². The van der Waals surface area contributed by atoms with E-state index in [-0.39, 0.29) is 0 Å². The minimum atomic E-state index is -1.41. The highest BCUT2D eigenvalue weighted by Crippen LogP contribution is 2.35. The molecule has 0 atom stereocenters. The van der Waals surface area contributed by atoms with Crippen LogP contribution in [0.4, 0.5) is 0 Å². The Morgan fingerprint density at radius 2 is 0.759 bits per heavy atom. The van der Waals surface area contributed by atoms with Crippen LogP contribution in [0.15, 0.2) is 158 Å². The summed E-state index contributed by atoms with van der Waals surface area (Å²) in [4.78, 5) is 18.6. The molecule has 0 aliphatic heterocycles. The van der Waals surface area contributed by atoms with E-state index < -0.39 is 7.12 Å². The zero-order valence-electron chi connectivity index (χ0n) is 28.4. The van der Waals surface area contributed by atoms with E-state index in [2.05, 4.69) is 70.6 Å². The maximum absolute atomic E-state index is 8.63. The van der Waals surface area contributed by atoms with Crippen molar-refractivity contribution in [2.75, 3.05) is 0 Å². The van der Waals surface area contributed by atoms with Crippen LogP contribution >= 0.6 is 34.8 Å². The predicted molar refractivity (Wildman–Crippen MR) is 226 cm³/mol. The van der Waals surface area contributed by atoms with Crippen molar-refractivity contribution >= 4 is 113 Å². The average molecular weight is 762 g/mol. The van der Waals surface area contributed by atoms with Crippen molar-refractivity contribution in [2.24, 2.45) is 0 Å². The number of hydrogen-bond donors (Lipinski definition) is 2. The van der Waals surface area contributed by atoms with Gasteiger partial charge in [0.2, 0.25) is 0 Å². The summed E-state index contributed by atoms with van der Waals surface area (Å²) in [5.74, 6) is 0. The lowest BCUT2D eigenvalue weighted by atomic mass is 9.81. The molecule has 10 rings (SSSR count). The molecule has 8 aromatic carbocycles. The molecule has 0 fully saturated rings. The minimum absolute atomic E-state index is 0.424.